The van der Waals surface area contributed by atoms with E-state index in [1.54, 1.807) is 43.3 Å². The predicted molar refractivity (Wildman–Crippen MR) is 156 cm³/mol. The first kappa shape index (κ1) is 29.2. The van der Waals surface area contributed by atoms with Crippen LogP contribution >= 0.6 is 23.2 Å². The summed E-state index contributed by atoms with van der Waals surface area (Å²) < 4.78 is 11.8. The zero-order valence-electron chi connectivity index (χ0n) is 21.9. The smallest absolute Gasteiger partial charge is 0.252 e. The van der Waals surface area contributed by atoms with E-state index in [-0.39, 0.29) is 18.9 Å². The van der Waals surface area contributed by atoms with Gasteiger partial charge in [0.15, 0.2) is 5.54 Å². The molecule has 0 aromatic heterocycles. The van der Waals surface area contributed by atoms with Gasteiger partial charge in [-0.05, 0) is 66.4 Å². The maximum atomic E-state index is 13.9. The van der Waals surface area contributed by atoms with E-state index in [1.807, 2.05) is 30.3 Å². The number of aliphatic hydroxyl groups is 1. The molecule has 0 bridgehead atoms. The molecule has 0 fully saturated rings. The van der Waals surface area contributed by atoms with Crippen molar-refractivity contribution in [1.82, 2.24) is 5.32 Å². The summed E-state index contributed by atoms with van der Waals surface area (Å²) in [5, 5.41) is 16.8. The standard InChI is InChI=1S/C29H29Cl2N5O4/c1-19-29(18-22-5-2-3-6-26(22)35-36-32,28(38)33-14-13-20-7-10-23(30)17-25(20)31)34-27(40-19)21-8-11-24(12-9-21)39-16-4-15-37/h2-3,5-12,17,19,37H,4,13-16,18H2,1H3,(H,33,38)/t19-,29-/m1/s1. The Morgan fingerprint density at radius 1 is 1.18 bits per heavy atom. The fourth-order valence-electron chi connectivity index (χ4n) is 4.43. The first-order valence-corrected chi connectivity index (χ1v) is 13.6. The molecule has 1 amide bonds. The van der Waals surface area contributed by atoms with Gasteiger partial charge >= 0.3 is 0 Å². The molecule has 1 heterocycles. The van der Waals surface area contributed by atoms with Crippen molar-refractivity contribution in [2.45, 2.75) is 37.8 Å². The molecule has 11 heteroatoms. The normalized spacial score (nSPS) is 17.9. The zero-order chi connectivity index (χ0) is 28.5. The van der Waals surface area contributed by atoms with Gasteiger partial charge in [-0.2, -0.15) is 0 Å². The fourth-order valence-corrected chi connectivity index (χ4v) is 4.93. The van der Waals surface area contributed by atoms with E-state index in [4.69, 9.17) is 48.3 Å². The van der Waals surface area contributed by atoms with Gasteiger partial charge in [-0.1, -0.05) is 58.6 Å². The van der Waals surface area contributed by atoms with Crippen molar-refractivity contribution in [2.75, 3.05) is 19.8 Å². The first-order chi connectivity index (χ1) is 19.4. The molecule has 0 radical (unpaired) electrons. The van der Waals surface area contributed by atoms with Gasteiger partial charge in [-0.3, -0.25) is 4.79 Å². The average Bonchev–Trinajstić information content (AvgIpc) is 3.28. The van der Waals surface area contributed by atoms with Crippen LogP contribution in [0.25, 0.3) is 10.4 Å². The zero-order valence-corrected chi connectivity index (χ0v) is 23.4. The van der Waals surface area contributed by atoms with Crippen LogP contribution in [0.2, 0.25) is 10.0 Å². The number of amides is 1. The van der Waals surface area contributed by atoms with E-state index in [2.05, 4.69) is 15.3 Å². The first-order valence-electron chi connectivity index (χ1n) is 12.8. The number of nitrogens with one attached hydrogen (secondary N) is 1. The van der Waals surface area contributed by atoms with Crippen LogP contribution in [0.15, 0.2) is 76.8 Å². The van der Waals surface area contributed by atoms with Gasteiger partial charge in [0.2, 0.25) is 5.90 Å². The highest BCUT2D eigenvalue weighted by atomic mass is 35.5. The highest BCUT2D eigenvalue weighted by Gasteiger charge is 2.50. The Labute approximate surface area is 242 Å². The SMILES string of the molecule is C[C@H]1OC(c2ccc(OCCCO)cc2)=N[C@@]1(Cc1ccccc1N=[N+]=[N-])C(=O)NCCc1ccc(Cl)cc1Cl. The van der Waals surface area contributed by atoms with Crippen molar-refractivity contribution < 1.29 is 19.4 Å². The molecule has 208 valence electrons. The number of halogens is 2. The Hall–Kier alpha value is -3.75. The van der Waals surface area contributed by atoms with E-state index in [9.17, 15) is 4.79 Å². The molecule has 0 aliphatic carbocycles. The summed E-state index contributed by atoms with van der Waals surface area (Å²) in [6.07, 6.45) is 0.564. The minimum absolute atomic E-state index is 0.0559. The van der Waals surface area contributed by atoms with Crippen LogP contribution in [0.4, 0.5) is 5.69 Å². The van der Waals surface area contributed by atoms with E-state index in [0.29, 0.717) is 64.5 Å². The predicted octanol–water partition coefficient (Wildman–Crippen LogP) is 6.20. The third kappa shape index (κ3) is 6.87. The lowest BCUT2D eigenvalue weighted by Gasteiger charge is -2.28. The molecule has 0 saturated heterocycles. The maximum Gasteiger partial charge on any atom is 0.252 e. The van der Waals surface area contributed by atoms with Gasteiger partial charge in [0.25, 0.3) is 5.91 Å². The third-order valence-corrected chi connectivity index (χ3v) is 7.21. The molecule has 40 heavy (non-hydrogen) atoms. The molecule has 9 nitrogen and oxygen atoms in total. The minimum Gasteiger partial charge on any atom is -0.494 e. The van der Waals surface area contributed by atoms with Gasteiger partial charge in [0, 0.05) is 52.2 Å². The number of hydrogen-bond donors (Lipinski definition) is 2. The highest BCUT2D eigenvalue weighted by Crippen LogP contribution is 2.35. The van der Waals surface area contributed by atoms with Gasteiger partial charge in [-0.15, -0.1) is 0 Å². The maximum absolute atomic E-state index is 13.9. The number of benzene rings is 3. The molecule has 3 aromatic carbocycles. The number of carbonyl (C=O) groups is 1. The van der Waals surface area contributed by atoms with Crippen LogP contribution in [0.3, 0.4) is 0 Å². The largest absolute Gasteiger partial charge is 0.494 e. The summed E-state index contributed by atoms with van der Waals surface area (Å²) in [6.45, 7) is 2.58. The average molecular weight is 582 g/mol. The number of hydrogen-bond acceptors (Lipinski definition) is 6. The van der Waals surface area contributed by atoms with Crippen molar-refractivity contribution in [3.05, 3.63) is 104 Å². The quantitative estimate of drug-likeness (QED) is 0.114. The van der Waals surface area contributed by atoms with Crippen LogP contribution in [-0.2, 0) is 22.4 Å². The lowest BCUT2D eigenvalue weighted by atomic mass is 9.85. The van der Waals surface area contributed by atoms with Crippen molar-refractivity contribution in [2.24, 2.45) is 10.1 Å². The van der Waals surface area contributed by atoms with Crippen LogP contribution in [0.1, 0.15) is 30.0 Å². The molecule has 1 aliphatic heterocycles. The van der Waals surface area contributed by atoms with Gasteiger partial charge in [-0.25, -0.2) is 4.99 Å². The molecule has 2 N–H and O–H groups in total. The summed E-state index contributed by atoms with van der Waals surface area (Å²) in [5.74, 6) is 0.656. The second-order valence-electron chi connectivity index (χ2n) is 9.29. The molecule has 3 aromatic rings. The molecule has 4 rings (SSSR count). The van der Waals surface area contributed by atoms with Gasteiger partial charge < -0.3 is 19.9 Å². The number of azide groups is 1. The second-order valence-corrected chi connectivity index (χ2v) is 10.1. The summed E-state index contributed by atoms with van der Waals surface area (Å²) in [4.78, 5) is 21.7. The summed E-state index contributed by atoms with van der Waals surface area (Å²) >= 11 is 12.3. The Morgan fingerprint density at radius 3 is 2.67 bits per heavy atom. The lowest BCUT2D eigenvalue weighted by Crippen LogP contribution is -2.52. The summed E-state index contributed by atoms with van der Waals surface area (Å²) in [6, 6.07) is 19.5. The molecule has 2 atom stereocenters. The molecule has 0 saturated carbocycles. The topological polar surface area (TPSA) is 129 Å². The van der Waals surface area contributed by atoms with Crippen LogP contribution in [-0.4, -0.2) is 48.3 Å². The third-order valence-electron chi connectivity index (χ3n) is 6.63. The van der Waals surface area contributed by atoms with Crippen LogP contribution in [0.5, 0.6) is 5.75 Å². The number of carbonyl (C=O) groups excluding carboxylic acids is 1. The second kappa shape index (κ2) is 13.5. The Bertz CT molecular complexity index is 1430. The van der Waals surface area contributed by atoms with E-state index < -0.39 is 11.6 Å². The summed E-state index contributed by atoms with van der Waals surface area (Å²) in [5.41, 5.74) is 10.4. The molecular formula is C29H29Cl2N5O4. The van der Waals surface area contributed by atoms with Crippen molar-refractivity contribution in [3.8, 4) is 5.75 Å². The highest BCUT2D eigenvalue weighted by molar-refractivity contribution is 6.35. The molecular weight excluding hydrogens is 553 g/mol. The van der Waals surface area contributed by atoms with Gasteiger partial charge in [0.1, 0.15) is 11.9 Å². The molecule has 0 spiro atoms. The number of ether oxygens (including phenoxy) is 2. The number of aliphatic imine (C=N–C) groups is 1. The fraction of sp³-hybridized carbons (Fsp3) is 0.310. The number of aliphatic hydroxyl groups excluding tert-OH is 1. The monoisotopic (exact) mass is 581 g/mol. The Kier molecular flexibility index (Phi) is 9.90. The van der Waals surface area contributed by atoms with E-state index in [1.165, 1.54) is 0 Å². The van der Waals surface area contributed by atoms with Crippen molar-refractivity contribution in [3.63, 3.8) is 0 Å². The minimum atomic E-state index is -1.32. The van der Waals surface area contributed by atoms with Crippen molar-refractivity contribution >= 4 is 40.7 Å². The van der Waals surface area contributed by atoms with Gasteiger partial charge in [0.05, 0.1) is 6.61 Å². The number of nitrogens with zero attached hydrogens (tertiary/aromatic N) is 4. The lowest BCUT2D eigenvalue weighted by molar-refractivity contribution is -0.128. The molecule has 1 aliphatic rings. The molecule has 0 unspecified atom stereocenters. The van der Waals surface area contributed by atoms with E-state index >= 15 is 0 Å². The summed E-state index contributed by atoms with van der Waals surface area (Å²) in [7, 11) is 0. The van der Waals surface area contributed by atoms with Crippen molar-refractivity contribution in [1.29, 1.82) is 0 Å². The Morgan fingerprint density at radius 2 is 1.95 bits per heavy atom. The Balaban J connectivity index is 1.61. The van der Waals surface area contributed by atoms with E-state index in [0.717, 1.165) is 5.56 Å². The van der Waals surface area contributed by atoms with Crippen LogP contribution in [0, 0.1) is 0 Å². The number of rotatable bonds is 12. The van der Waals surface area contributed by atoms with Crippen LogP contribution < -0.4 is 10.1 Å².